The van der Waals surface area contributed by atoms with Crippen LogP contribution < -0.4 is 0 Å². The highest BCUT2D eigenvalue weighted by Gasteiger charge is 2.19. The molecule has 0 spiro atoms. The molecule has 0 bridgehead atoms. The first-order valence-corrected chi connectivity index (χ1v) is 7.97. The van der Waals surface area contributed by atoms with Crippen LogP contribution in [0.2, 0.25) is 0 Å². The molecule has 0 N–H and O–H groups in total. The van der Waals surface area contributed by atoms with Crippen molar-refractivity contribution < 1.29 is 0 Å². The van der Waals surface area contributed by atoms with E-state index in [4.69, 9.17) is 11.6 Å². The Hall–Kier alpha value is -0.120. The zero-order valence-corrected chi connectivity index (χ0v) is 12.1. The molecule has 0 aromatic carbocycles. The Kier molecular flexibility index (Phi) is 5.26. The molecule has 0 saturated carbocycles. The van der Waals surface area contributed by atoms with E-state index in [9.17, 15) is 0 Å². The van der Waals surface area contributed by atoms with Gasteiger partial charge >= 0.3 is 0 Å². The fraction of sp³-hybridized carbons (Fsp3) is 0.769. The van der Waals surface area contributed by atoms with Gasteiger partial charge in [0, 0.05) is 5.38 Å². The zero-order valence-electron chi connectivity index (χ0n) is 10.5. The van der Waals surface area contributed by atoms with Gasteiger partial charge in [0.25, 0.3) is 0 Å². The van der Waals surface area contributed by atoms with Gasteiger partial charge in [-0.25, -0.2) is 4.98 Å². The van der Waals surface area contributed by atoms with E-state index in [-0.39, 0.29) is 0 Å². The Morgan fingerprint density at radius 1 is 1.29 bits per heavy atom. The molecule has 96 valence electrons. The summed E-state index contributed by atoms with van der Waals surface area (Å²) in [5.41, 5.74) is 1.02. The van der Waals surface area contributed by atoms with Gasteiger partial charge in [-0.3, -0.25) is 4.90 Å². The van der Waals surface area contributed by atoms with Crippen LogP contribution in [0, 0.1) is 0 Å². The van der Waals surface area contributed by atoms with Crippen molar-refractivity contribution in [3.63, 3.8) is 0 Å². The van der Waals surface area contributed by atoms with Gasteiger partial charge in [-0.2, -0.15) is 0 Å². The molecule has 2 nitrogen and oxygen atoms in total. The van der Waals surface area contributed by atoms with E-state index >= 15 is 0 Å². The Labute approximate surface area is 113 Å². The molecule has 2 rings (SSSR count). The van der Waals surface area contributed by atoms with E-state index in [2.05, 4.69) is 22.2 Å². The van der Waals surface area contributed by atoms with Crippen LogP contribution in [0.25, 0.3) is 0 Å². The van der Waals surface area contributed by atoms with Crippen molar-refractivity contribution in [3.05, 3.63) is 16.1 Å². The van der Waals surface area contributed by atoms with Crippen molar-refractivity contribution in [2.24, 2.45) is 0 Å². The summed E-state index contributed by atoms with van der Waals surface area (Å²) in [6.45, 7) is 4.71. The summed E-state index contributed by atoms with van der Waals surface area (Å²) in [5, 5.41) is 3.31. The first kappa shape index (κ1) is 13.3. The molecule has 1 aliphatic heterocycles. The van der Waals surface area contributed by atoms with Crippen molar-refractivity contribution in [3.8, 4) is 0 Å². The molecular formula is C13H21ClN2S. The zero-order chi connectivity index (χ0) is 12.1. The van der Waals surface area contributed by atoms with Crippen LogP contribution in [0.5, 0.6) is 0 Å². The fourth-order valence-electron chi connectivity index (χ4n) is 2.39. The lowest BCUT2D eigenvalue weighted by Crippen LogP contribution is -2.30. The normalized spacial score (nSPS) is 20.8. The summed E-state index contributed by atoms with van der Waals surface area (Å²) in [4.78, 5) is 7.18. The molecule has 0 aliphatic carbocycles. The molecule has 1 aromatic heterocycles. The summed E-state index contributed by atoms with van der Waals surface area (Å²) in [6.07, 6.45) is 6.84. The molecule has 4 heteroatoms. The lowest BCUT2D eigenvalue weighted by Gasteiger charge is -2.29. The second-order valence-corrected chi connectivity index (χ2v) is 5.95. The molecule has 1 aliphatic rings. The van der Waals surface area contributed by atoms with Crippen molar-refractivity contribution in [2.75, 3.05) is 13.1 Å². The third kappa shape index (κ3) is 3.67. The van der Waals surface area contributed by atoms with Crippen LogP contribution in [-0.2, 0) is 5.88 Å². The molecule has 1 unspecified atom stereocenters. The molecule has 1 fully saturated rings. The summed E-state index contributed by atoms with van der Waals surface area (Å²) < 4.78 is 0. The maximum Gasteiger partial charge on any atom is 0.110 e. The Balaban J connectivity index is 1.98. The average molecular weight is 273 g/mol. The molecule has 1 aromatic rings. The van der Waals surface area contributed by atoms with Gasteiger partial charge < -0.3 is 0 Å². The predicted molar refractivity (Wildman–Crippen MR) is 74.7 cm³/mol. The fourth-order valence-corrected chi connectivity index (χ4v) is 3.53. The molecular weight excluding hydrogens is 252 g/mol. The Morgan fingerprint density at radius 2 is 1.94 bits per heavy atom. The van der Waals surface area contributed by atoms with Gasteiger partial charge in [-0.05, 0) is 32.9 Å². The topological polar surface area (TPSA) is 16.1 Å². The van der Waals surface area contributed by atoms with Crippen LogP contribution in [0.3, 0.4) is 0 Å². The van der Waals surface area contributed by atoms with E-state index in [0.29, 0.717) is 11.9 Å². The summed E-state index contributed by atoms with van der Waals surface area (Å²) in [6, 6.07) is 0.454. The van der Waals surface area contributed by atoms with Gasteiger partial charge in [-0.15, -0.1) is 22.9 Å². The van der Waals surface area contributed by atoms with E-state index in [1.165, 1.54) is 50.2 Å². The van der Waals surface area contributed by atoms with Crippen molar-refractivity contribution in [1.29, 1.82) is 0 Å². The van der Waals surface area contributed by atoms with Gasteiger partial charge in [0.15, 0.2) is 0 Å². The van der Waals surface area contributed by atoms with Gasteiger partial charge in [0.05, 0.1) is 17.6 Å². The molecule has 17 heavy (non-hydrogen) atoms. The summed E-state index contributed by atoms with van der Waals surface area (Å²) in [7, 11) is 0. The number of halogens is 1. The summed E-state index contributed by atoms with van der Waals surface area (Å²) in [5.74, 6) is 0.531. The molecule has 2 heterocycles. The highest BCUT2D eigenvalue weighted by molar-refractivity contribution is 7.09. The average Bonchev–Trinajstić information content (AvgIpc) is 2.76. The van der Waals surface area contributed by atoms with Crippen LogP contribution in [0.15, 0.2) is 5.38 Å². The molecule has 1 saturated heterocycles. The molecule has 0 amide bonds. The van der Waals surface area contributed by atoms with Crippen LogP contribution in [0.1, 0.15) is 55.8 Å². The van der Waals surface area contributed by atoms with E-state index in [1.807, 2.05) is 0 Å². The van der Waals surface area contributed by atoms with Crippen LogP contribution >= 0.6 is 22.9 Å². The molecule has 1 atom stereocenters. The van der Waals surface area contributed by atoms with E-state index < -0.39 is 0 Å². The largest absolute Gasteiger partial charge is 0.294 e. The minimum atomic E-state index is 0.454. The lowest BCUT2D eigenvalue weighted by atomic mass is 10.1. The van der Waals surface area contributed by atoms with Crippen molar-refractivity contribution >= 4 is 22.9 Å². The lowest BCUT2D eigenvalue weighted by molar-refractivity contribution is 0.191. The van der Waals surface area contributed by atoms with E-state index in [1.54, 1.807) is 11.3 Å². The Morgan fingerprint density at radius 3 is 2.53 bits per heavy atom. The van der Waals surface area contributed by atoms with Crippen LogP contribution in [-0.4, -0.2) is 23.0 Å². The van der Waals surface area contributed by atoms with Gasteiger partial charge in [-0.1, -0.05) is 19.3 Å². The number of hydrogen-bond donors (Lipinski definition) is 0. The maximum absolute atomic E-state index is 5.81. The minimum absolute atomic E-state index is 0.454. The second kappa shape index (κ2) is 6.72. The third-order valence-corrected chi connectivity index (χ3v) is 4.84. The maximum atomic E-state index is 5.81. The highest BCUT2D eigenvalue weighted by Crippen LogP contribution is 2.26. The number of hydrogen-bond acceptors (Lipinski definition) is 3. The Bertz CT molecular complexity index is 332. The first-order valence-electron chi connectivity index (χ1n) is 6.55. The number of likely N-dealkylation sites (tertiary alicyclic amines) is 1. The van der Waals surface area contributed by atoms with Gasteiger partial charge in [0.2, 0.25) is 0 Å². The SMILES string of the molecule is CC(c1nc(CCl)cs1)N1CCCCCCC1. The second-order valence-electron chi connectivity index (χ2n) is 4.79. The smallest absolute Gasteiger partial charge is 0.110 e. The molecule has 0 radical (unpaired) electrons. The van der Waals surface area contributed by atoms with Crippen molar-refractivity contribution in [2.45, 2.75) is 50.9 Å². The first-order chi connectivity index (χ1) is 8.31. The number of thiazole rings is 1. The van der Waals surface area contributed by atoms with E-state index in [0.717, 1.165) is 5.69 Å². The highest BCUT2D eigenvalue weighted by atomic mass is 35.5. The van der Waals surface area contributed by atoms with Crippen LogP contribution in [0.4, 0.5) is 0 Å². The number of nitrogens with zero attached hydrogens (tertiary/aromatic N) is 2. The summed E-state index contributed by atoms with van der Waals surface area (Å²) >= 11 is 7.56. The monoisotopic (exact) mass is 272 g/mol. The number of rotatable bonds is 3. The van der Waals surface area contributed by atoms with Gasteiger partial charge in [0.1, 0.15) is 5.01 Å². The number of alkyl halides is 1. The number of aromatic nitrogens is 1. The minimum Gasteiger partial charge on any atom is -0.294 e. The third-order valence-electron chi connectivity index (χ3n) is 3.50. The quantitative estimate of drug-likeness (QED) is 0.767. The standard InChI is InChI=1S/C13H21ClN2S/c1-11(13-15-12(9-14)10-17-13)16-7-5-3-2-4-6-8-16/h10-11H,2-9H2,1H3. The predicted octanol–water partition coefficient (Wildman–Crippen LogP) is 4.21. The van der Waals surface area contributed by atoms with Crippen molar-refractivity contribution in [1.82, 2.24) is 9.88 Å².